The Kier molecular flexibility index (Phi) is 6.41. The zero-order chi connectivity index (χ0) is 15.9. The summed E-state index contributed by atoms with van der Waals surface area (Å²) in [5, 5.41) is 0. The van der Waals surface area contributed by atoms with Gasteiger partial charge in [-0.3, -0.25) is 0 Å². The fraction of sp³-hybridized carbons (Fsp3) is 0.500. The van der Waals surface area contributed by atoms with Crippen LogP contribution < -0.4 is 5.73 Å². The molecule has 2 rings (SSSR count). The van der Waals surface area contributed by atoms with Gasteiger partial charge >= 0.3 is 0 Å². The first-order valence-corrected chi connectivity index (χ1v) is 8.34. The van der Waals surface area contributed by atoms with Crippen molar-refractivity contribution in [3.63, 3.8) is 0 Å². The van der Waals surface area contributed by atoms with E-state index >= 15 is 0 Å². The first kappa shape index (κ1) is 17.0. The molecule has 0 aliphatic heterocycles. The van der Waals surface area contributed by atoms with Gasteiger partial charge in [-0.15, -0.1) is 0 Å². The van der Waals surface area contributed by atoms with Gasteiger partial charge < -0.3 is 10.5 Å². The predicted octanol–water partition coefficient (Wildman–Crippen LogP) is 4.32. The third-order valence-electron chi connectivity index (χ3n) is 5.00. The molecule has 0 fully saturated rings. The number of hydrogen-bond donors (Lipinski definition) is 1. The molecule has 1 aromatic carbocycles. The van der Waals surface area contributed by atoms with E-state index in [9.17, 15) is 0 Å². The van der Waals surface area contributed by atoms with E-state index in [1.165, 1.54) is 5.56 Å². The monoisotopic (exact) mass is 299 g/mol. The quantitative estimate of drug-likeness (QED) is 0.849. The minimum absolute atomic E-state index is 0.145. The fourth-order valence-corrected chi connectivity index (χ4v) is 3.09. The molecule has 2 N–H and O–H groups in total. The third kappa shape index (κ3) is 4.56. The van der Waals surface area contributed by atoms with Gasteiger partial charge in [-0.25, -0.2) is 0 Å². The molecule has 0 saturated carbocycles. The summed E-state index contributed by atoms with van der Waals surface area (Å²) in [6.07, 6.45) is 9.87. The van der Waals surface area contributed by atoms with Crippen LogP contribution in [0.25, 0.3) is 0 Å². The zero-order valence-corrected chi connectivity index (χ0v) is 14.0. The van der Waals surface area contributed by atoms with Gasteiger partial charge in [-0.1, -0.05) is 68.5 Å². The molecule has 120 valence electrons. The third-order valence-corrected chi connectivity index (χ3v) is 5.00. The van der Waals surface area contributed by atoms with Crippen molar-refractivity contribution in [1.82, 2.24) is 0 Å². The molecular formula is C20H29NO. The highest BCUT2D eigenvalue weighted by Gasteiger charge is 2.30. The van der Waals surface area contributed by atoms with Gasteiger partial charge in [0.15, 0.2) is 0 Å². The van der Waals surface area contributed by atoms with Crippen molar-refractivity contribution in [2.75, 3.05) is 0 Å². The van der Waals surface area contributed by atoms with Crippen molar-refractivity contribution in [2.24, 2.45) is 23.5 Å². The van der Waals surface area contributed by atoms with E-state index in [0.29, 0.717) is 24.4 Å². The van der Waals surface area contributed by atoms with Gasteiger partial charge in [0.1, 0.15) is 0 Å². The van der Waals surface area contributed by atoms with Crippen LogP contribution >= 0.6 is 0 Å². The number of allylic oxidation sites excluding steroid dienone is 3. The summed E-state index contributed by atoms with van der Waals surface area (Å²) in [5.41, 5.74) is 7.34. The maximum Gasteiger partial charge on any atom is 0.0797 e. The van der Waals surface area contributed by atoms with Crippen LogP contribution in [0.15, 0.2) is 54.6 Å². The van der Waals surface area contributed by atoms with Crippen molar-refractivity contribution in [1.29, 1.82) is 0 Å². The van der Waals surface area contributed by atoms with Gasteiger partial charge in [0.2, 0.25) is 0 Å². The summed E-state index contributed by atoms with van der Waals surface area (Å²) in [5.74, 6) is 1.47. The van der Waals surface area contributed by atoms with E-state index < -0.39 is 0 Å². The van der Waals surface area contributed by atoms with E-state index in [1.807, 2.05) is 6.07 Å². The number of nitrogens with two attached hydrogens (primary N) is 1. The number of ether oxygens (including phenoxy) is 1. The van der Waals surface area contributed by atoms with E-state index in [-0.39, 0.29) is 12.1 Å². The first-order valence-electron chi connectivity index (χ1n) is 8.34. The normalized spacial score (nSPS) is 25.5. The Morgan fingerprint density at radius 1 is 1.14 bits per heavy atom. The summed E-state index contributed by atoms with van der Waals surface area (Å²) in [6, 6.07) is 10.6. The molecule has 0 spiro atoms. The van der Waals surface area contributed by atoms with Gasteiger partial charge in [0, 0.05) is 6.04 Å². The highest BCUT2D eigenvalue weighted by atomic mass is 16.5. The molecule has 0 saturated heterocycles. The van der Waals surface area contributed by atoms with Gasteiger partial charge in [0.25, 0.3) is 0 Å². The molecule has 2 heteroatoms. The molecule has 1 aliphatic rings. The van der Waals surface area contributed by atoms with Crippen molar-refractivity contribution in [3.8, 4) is 0 Å². The predicted molar refractivity (Wildman–Crippen MR) is 93.4 cm³/mol. The van der Waals surface area contributed by atoms with E-state index in [1.54, 1.807) is 0 Å². The van der Waals surface area contributed by atoms with Gasteiger partial charge in [0.05, 0.1) is 12.7 Å². The van der Waals surface area contributed by atoms with Crippen LogP contribution in [0.5, 0.6) is 0 Å². The Bertz CT molecular complexity index is 492. The molecule has 0 heterocycles. The van der Waals surface area contributed by atoms with Gasteiger partial charge in [-0.05, 0) is 36.7 Å². The lowest BCUT2D eigenvalue weighted by molar-refractivity contribution is 0.00614. The van der Waals surface area contributed by atoms with Crippen LogP contribution in [0, 0.1) is 17.8 Å². The average Bonchev–Trinajstić information content (AvgIpc) is 2.77. The second-order valence-corrected chi connectivity index (χ2v) is 6.55. The van der Waals surface area contributed by atoms with Crippen LogP contribution in [0.2, 0.25) is 0 Å². The Morgan fingerprint density at radius 2 is 1.86 bits per heavy atom. The summed E-state index contributed by atoms with van der Waals surface area (Å²) >= 11 is 0. The molecule has 22 heavy (non-hydrogen) atoms. The van der Waals surface area contributed by atoms with Crippen LogP contribution in [0.3, 0.4) is 0 Å². The number of rotatable bonds is 6. The number of hydrogen-bond acceptors (Lipinski definition) is 2. The summed E-state index contributed by atoms with van der Waals surface area (Å²) in [6.45, 7) is 7.32. The second kappa shape index (κ2) is 8.30. The van der Waals surface area contributed by atoms with Crippen LogP contribution in [0.1, 0.15) is 32.8 Å². The molecule has 1 aliphatic carbocycles. The van der Waals surface area contributed by atoms with Gasteiger partial charge in [-0.2, -0.15) is 0 Å². The summed E-state index contributed by atoms with van der Waals surface area (Å²) in [4.78, 5) is 0. The lowest BCUT2D eigenvalue weighted by Crippen LogP contribution is -2.37. The van der Waals surface area contributed by atoms with E-state index in [2.05, 4.69) is 69.3 Å². The second-order valence-electron chi connectivity index (χ2n) is 6.55. The molecule has 0 aromatic heterocycles. The van der Waals surface area contributed by atoms with Crippen LogP contribution in [-0.2, 0) is 11.3 Å². The standard InChI is InChI=1S/C20H29NO/c1-15(17(3)21)16(2)19-12-8-5-9-13-20(19)22-14-18-10-6-4-7-11-18/h4-11,13,15-17,19-20H,12,14,21H2,1-3H3/t15-,16+,17?,19?,20?/m0/s1. The molecule has 0 radical (unpaired) electrons. The van der Waals surface area contributed by atoms with E-state index in [0.717, 1.165) is 6.42 Å². The summed E-state index contributed by atoms with van der Waals surface area (Å²) in [7, 11) is 0. The van der Waals surface area contributed by atoms with Crippen LogP contribution in [0.4, 0.5) is 0 Å². The first-order chi connectivity index (χ1) is 10.6. The topological polar surface area (TPSA) is 35.2 Å². The maximum atomic E-state index is 6.25. The highest BCUT2D eigenvalue weighted by Crippen LogP contribution is 2.32. The van der Waals surface area contributed by atoms with Crippen molar-refractivity contribution in [2.45, 2.75) is 45.9 Å². The SMILES string of the molecule is CC(N)[C@@H](C)[C@@H](C)C1CC=CC=CC1OCc1ccccc1. The minimum atomic E-state index is 0.145. The molecule has 0 bridgehead atoms. The molecular weight excluding hydrogens is 270 g/mol. The summed E-state index contributed by atoms with van der Waals surface area (Å²) < 4.78 is 6.25. The minimum Gasteiger partial charge on any atom is -0.369 e. The number of benzene rings is 1. The van der Waals surface area contributed by atoms with Crippen molar-refractivity contribution < 1.29 is 4.74 Å². The zero-order valence-electron chi connectivity index (χ0n) is 14.0. The Balaban J connectivity index is 2.05. The van der Waals surface area contributed by atoms with Crippen LogP contribution in [-0.4, -0.2) is 12.1 Å². The molecule has 2 nitrogen and oxygen atoms in total. The lowest BCUT2D eigenvalue weighted by Gasteiger charge is -2.34. The molecule has 3 unspecified atom stereocenters. The Labute approximate surface area is 135 Å². The molecule has 5 atom stereocenters. The Hall–Kier alpha value is -1.38. The molecule has 0 amide bonds. The molecule has 1 aromatic rings. The Morgan fingerprint density at radius 3 is 2.55 bits per heavy atom. The van der Waals surface area contributed by atoms with Crippen molar-refractivity contribution in [3.05, 3.63) is 60.2 Å². The largest absolute Gasteiger partial charge is 0.369 e. The van der Waals surface area contributed by atoms with E-state index in [4.69, 9.17) is 10.5 Å². The lowest BCUT2D eigenvalue weighted by atomic mass is 9.76. The highest BCUT2D eigenvalue weighted by molar-refractivity contribution is 5.15. The maximum absolute atomic E-state index is 6.25. The van der Waals surface area contributed by atoms with Crippen molar-refractivity contribution >= 4 is 0 Å². The smallest absolute Gasteiger partial charge is 0.0797 e. The average molecular weight is 299 g/mol. The fourth-order valence-electron chi connectivity index (χ4n) is 3.09.